The molecule has 0 fully saturated rings. The number of halogens is 4. The molecular formula is C18H15ClF3N5O2. The van der Waals surface area contributed by atoms with Crippen LogP contribution in [0.4, 0.5) is 13.2 Å². The molecule has 0 unspecified atom stereocenters. The Morgan fingerprint density at radius 1 is 1.28 bits per heavy atom. The van der Waals surface area contributed by atoms with Crippen molar-refractivity contribution in [2.75, 3.05) is 0 Å². The number of carbonyl (C=O) groups excluding carboxylic acids is 1. The van der Waals surface area contributed by atoms with Crippen LogP contribution < -0.4 is 10.5 Å². The summed E-state index contributed by atoms with van der Waals surface area (Å²) >= 11 is 6.05. The molecule has 29 heavy (non-hydrogen) atoms. The average Bonchev–Trinajstić information content (AvgIpc) is 3.04. The van der Waals surface area contributed by atoms with Gasteiger partial charge in [-0.05, 0) is 19.1 Å². The number of benzene rings is 1. The lowest BCUT2D eigenvalue weighted by atomic mass is 10.1. The van der Waals surface area contributed by atoms with Gasteiger partial charge < -0.3 is 15.0 Å². The van der Waals surface area contributed by atoms with Gasteiger partial charge in [0.15, 0.2) is 17.8 Å². The summed E-state index contributed by atoms with van der Waals surface area (Å²) in [7, 11) is 1.53. The highest BCUT2D eigenvalue weighted by Gasteiger charge is 2.35. The van der Waals surface area contributed by atoms with Gasteiger partial charge >= 0.3 is 6.18 Å². The molecule has 3 rings (SSSR count). The highest BCUT2D eigenvalue weighted by molar-refractivity contribution is 6.32. The topological polar surface area (TPSA) is 95.9 Å². The van der Waals surface area contributed by atoms with Gasteiger partial charge in [0.25, 0.3) is 0 Å². The van der Waals surface area contributed by atoms with Gasteiger partial charge in [0.1, 0.15) is 5.02 Å². The fourth-order valence-corrected chi connectivity index (χ4v) is 2.93. The summed E-state index contributed by atoms with van der Waals surface area (Å²) in [5, 5.41) is 7.92. The zero-order chi connectivity index (χ0) is 21.3. The highest BCUT2D eigenvalue weighted by atomic mass is 35.5. The van der Waals surface area contributed by atoms with Crippen LogP contribution in [0.15, 0.2) is 36.5 Å². The number of alkyl halides is 3. The van der Waals surface area contributed by atoms with Crippen molar-refractivity contribution in [1.29, 1.82) is 0 Å². The maximum atomic E-state index is 13.3. The number of nitrogens with zero attached hydrogens (tertiary/aromatic N) is 4. The van der Waals surface area contributed by atoms with E-state index in [4.69, 9.17) is 22.1 Å². The summed E-state index contributed by atoms with van der Waals surface area (Å²) in [4.78, 5) is 15.1. The lowest BCUT2D eigenvalue weighted by Gasteiger charge is -2.15. The summed E-state index contributed by atoms with van der Waals surface area (Å²) in [6.07, 6.45) is -4.08. The zero-order valence-corrected chi connectivity index (χ0v) is 16.0. The van der Waals surface area contributed by atoms with Crippen molar-refractivity contribution in [3.8, 4) is 17.3 Å². The molecular weight excluding hydrogens is 411 g/mol. The van der Waals surface area contributed by atoms with Crippen LogP contribution in [0.2, 0.25) is 5.02 Å². The van der Waals surface area contributed by atoms with Gasteiger partial charge in [0, 0.05) is 18.8 Å². The molecule has 0 aliphatic heterocycles. The Morgan fingerprint density at radius 3 is 2.59 bits per heavy atom. The predicted molar refractivity (Wildman–Crippen MR) is 98.2 cm³/mol. The van der Waals surface area contributed by atoms with Gasteiger partial charge in [-0.1, -0.05) is 29.8 Å². The number of primary amides is 1. The molecule has 0 aliphatic carbocycles. The van der Waals surface area contributed by atoms with E-state index in [0.29, 0.717) is 0 Å². The van der Waals surface area contributed by atoms with Gasteiger partial charge in [-0.3, -0.25) is 4.79 Å². The van der Waals surface area contributed by atoms with E-state index < -0.39 is 23.8 Å². The number of pyridine rings is 1. The zero-order valence-electron chi connectivity index (χ0n) is 15.2. The van der Waals surface area contributed by atoms with Gasteiger partial charge in [-0.2, -0.15) is 13.2 Å². The molecule has 2 aromatic heterocycles. The summed E-state index contributed by atoms with van der Waals surface area (Å²) in [6, 6.07) is 6.40. The Bertz CT molecular complexity index is 1070. The lowest BCUT2D eigenvalue weighted by molar-refractivity contribution is -0.137. The van der Waals surface area contributed by atoms with E-state index in [-0.39, 0.29) is 33.7 Å². The first kappa shape index (κ1) is 20.6. The maximum Gasteiger partial charge on any atom is 0.417 e. The van der Waals surface area contributed by atoms with E-state index in [1.807, 2.05) is 0 Å². The predicted octanol–water partition coefficient (Wildman–Crippen LogP) is 3.79. The molecule has 0 saturated carbocycles. The summed E-state index contributed by atoms with van der Waals surface area (Å²) in [5.74, 6) is -0.384. The maximum absolute atomic E-state index is 13.3. The third kappa shape index (κ3) is 4.16. The van der Waals surface area contributed by atoms with Gasteiger partial charge in [-0.25, -0.2) is 4.98 Å². The van der Waals surface area contributed by atoms with Crippen LogP contribution in [-0.2, 0) is 13.2 Å². The number of hydrogen-bond acceptors (Lipinski definition) is 5. The van der Waals surface area contributed by atoms with Gasteiger partial charge in [0.2, 0.25) is 11.8 Å². The van der Waals surface area contributed by atoms with Crippen LogP contribution >= 0.6 is 11.6 Å². The average molecular weight is 426 g/mol. The molecule has 1 amide bonds. The van der Waals surface area contributed by atoms with Crippen LogP contribution in [0.1, 0.15) is 34.8 Å². The van der Waals surface area contributed by atoms with E-state index >= 15 is 0 Å². The van der Waals surface area contributed by atoms with E-state index in [1.165, 1.54) is 42.1 Å². The minimum atomic E-state index is -4.54. The molecule has 0 spiro atoms. The first-order valence-corrected chi connectivity index (χ1v) is 8.65. The van der Waals surface area contributed by atoms with E-state index in [1.54, 1.807) is 6.92 Å². The van der Waals surface area contributed by atoms with Crippen molar-refractivity contribution in [2.45, 2.75) is 19.2 Å². The molecule has 0 saturated heterocycles. The lowest BCUT2D eigenvalue weighted by Crippen LogP contribution is -2.14. The van der Waals surface area contributed by atoms with Gasteiger partial charge in [-0.15, -0.1) is 10.2 Å². The van der Waals surface area contributed by atoms with Crippen molar-refractivity contribution in [1.82, 2.24) is 19.7 Å². The van der Waals surface area contributed by atoms with Gasteiger partial charge in [0.05, 0.1) is 11.1 Å². The number of amides is 1. The number of hydrogen-bond donors (Lipinski definition) is 1. The third-order valence-electron chi connectivity index (χ3n) is 4.13. The standard InChI is InChI=1S/C18H15ClF3N5O2/c1-9(29-17-13(19)7-10(8-24-17)14(23)28)15-25-26-16(27(15)2)11-5-3-4-6-12(11)18(20,21)22/h3-9H,1-2H3,(H2,23,28)/t9-/m0/s1. The molecule has 1 atom stereocenters. The molecule has 0 radical (unpaired) electrons. The number of rotatable bonds is 5. The van der Waals surface area contributed by atoms with E-state index in [9.17, 15) is 18.0 Å². The smallest absolute Gasteiger partial charge is 0.417 e. The van der Waals surface area contributed by atoms with Crippen LogP contribution in [-0.4, -0.2) is 25.7 Å². The molecule has 3 aromatic rings. The van der Waals surface area contributed by atoms with Crippen molar-refractivity contribution in [3.05, 3.63) is 58.5 Å². The molecule has 1 aromatic carbocycles. The second-order valence-electron chi connectivity index (χ2n) is 6.12. The number of carbonyl (C=O) groups is 1. The Labute approximate surface area is 168 Å². The second kappa shape index (κ2) is 7.70. The van der Waals surface area contributed by atoms with Crippen LogP contribution in [0.5, 0.6) is 5.88 Å². The first-order valence-electron chi connectivity index (χ1n) is 8.27. The van der Waals surface area contributed by atoms with Crippen LogP contribution in [0.3, 0.4) is 0 Å². The number of aromatic nitrogens is 4. The van der Waals surface area contributed by atoms with Crippen molar-refractivity contribution >= 4 is 17.5 Å². The minimum absolute atomic E-state index is 0.0180. The highest BCUT2D eigenvalue weighted by Crippen LogP contribution is 2.37. The summed E-state index contributed by atoms with van der Waals surface area (Å²) in [6.45, 7) is 1.61. The van der Waals surface area contributed by atoms with Crippen molar-refractivity contribution < 1.29 is 22.7 Å². The molecule has 0 aliphatic rings. The van der Waals surface area contributed by atoms with Crippen molar-refractivity contribution in [3.63, 3.8) is 0 Å². The Hall–Kier alpha value is -3.14. The Balaban J connectivity index is 1.92. The molecule has 2 N–H and O–H groups in total. The molecule has 152 valence electrons. The Kier molecular flexibility index (Phi) is 5.47. The second-order valence-corrected chi connectivity index (χ2v) is 6.53. The monoisotopic (exact) mass is 425 g/mol. The third-order valence-corrected chi connectivity index (χ3v) is 4.40. The summed E-state index contributed by atoms with van der Waals surface area (Å²) < 4.78 is 47.0. The van der Waals surface area contributed by atoms with Crippen molar-refractivity contribution in [2.24, 2.45) is 12.8 Å². The molecule has 11 heteroatoms. The number of ether oxygens (including phenoxy) is 1. The minimum Gasteiger partial charge on any atom is -0.465 e. The van der Waals surface area contributed by atoms with Crippen LogP contribution in [0.25, 0.3) is 11.4 Å². The first-order chi connectivity index (χ1) is 13.6. The van der Waals surface area contributed by atoms with E-state index in [2.05, 4.69) is 15.2 Å². The fourth-order valence-electron chi connectivity index (χ4n) is 2.72. The van der Waals surface area contributed by atoms with E-state index in [0.717, 1.165) is 6.07 Å². The SMILES string of the molecule is C[C@H](Oc1ncc(C(N)=O)cc1Cl)c1nnc(-c2ccccc2C(F)(F)F)n1C. The normalized spacial score (nSPS) is 12.6. The summed E-state index contributed by atoms with van der Waals surface area (Å²) in [5.41, 5.74) is 4.36. The fraction of sp³-hybridized carbons (Fsp3) is 0.222. The molecule has 2 heterocycles. The van der Waals surface area contributed by atoms with Crippen LogP contribution in [0, 0.1) is 0 Å². The largest absolute Gasteiger partial charge is 0.465 e. The molecule has 0 bridgehead atoms. The quantitative estimate of drug-likeness (QED) is 0.671. The number of nitrogens with two attached hydrogens (primary N) is 1. The molecule has 7 nitrogen and oxygen atoms in total. The Morgan fingerprint density at radius 2 is 1.97 bits per heavy atom.